The average molecular weight is 223 g/mol. The molecule has 1 saturated heterocycles. The molecule has 1 fully saturated rings. The number of aromatic nitrogens is 1. The van der Waals surface area contributed by atoms with Crippen LogP contribution in [0.5, 0.6) is 0 Å². The zero-order valence-corrected chi connectivity index (χ0v) is 10.4. The molecule has 16 heavy (non-hydrogen) atoms. The number of rotatable bonds is 4. The minimum Gasteiger partial charge on any atom is -0.432 e. The van der Waals surface area contributed by atoms with Gasteiger partial charge in [0.25, 0.3) is 6.01 Å². The predicted octanol–water partition coefficient (Wildman–Crippen LogP) is 2.02. The van der Waals surface area contributed by atoms with Gasteiger partial charge in [-0.15, -0.1) is 0 Å². The molecule has 0 saturated carbocycles. The van der Waals surface area contributed by atoms with Crippen molar-refractivity contribution in [3.8, 4) is 0 Å². The van der Waals surface area contributed by atoms with Gasteiger partial charge in [-0.25, -0.2) is 0 Å². The molecule has 1 unspecified atom stereocenters. The molecular weight excluding hydrogens is 202 g/mol. The Kier molecular flexibility index (Phi) is 3.49. The lowest BCUT2D eigenvalue weighted by Crippen LogP contribution is -2.22. The Bertz CT molecular complexity index is 335. The van der Waals surface area contributed by atoms with Gasteiger partial charge in [0.2, 0.25) is 0 Å². The molecule has 1 atom stereocenters. The van der Waals surface area contributed by atoms with E-state index in [0.717, 1.165) is 37.3 Å². The second kappa shape index (κ2) is 4.87. The molecule has 2 heterocycles. The smallest absolute Gasteiger partial charge is 0.297 e. The Morgan fingerprint density at radius 1 is 1.62 bits per heavy atom. The van der Waals surface area contributed by atoms with E-state index in [-0.39, 0.29) is 0 Å². The lowest BCUT2D eigenvalue weighted by Gasteiger charge is -2.11. The number of oxazole rings is 1. The largest absolute Gasteiger partial charge is 0.432 e. The van der Waals surface area contributed by atoms with Crippen molar-refractivity contribution in [3.05, 3.63) is 12.0 Å². The second-order valence-corrected chi connectivity index (χ2v) is 5.00. The van der Waals surface area contributed by atoms with Crippen LogP contribution in [0.25, 0.3) is 0 Å². The standard InChI is InChI=1S/C12H21N3O/c1-9(2)13-6-11-8-16-12(14-11)15-5-4-10(3)7-15/h8-10,13H,4-7H2,1-3H3. The monoisotopic (exact) mass is 223 g/mol. The molecule has 0 aromatic carbocycles. The summed E-state index contributed by atoms with van der Waals surface area (Å²) in [6.07, 6.45) is 3.00. The Labute approximate surface area is 97.0 Å². The molecule has 0 radical (unpaired) electrons. The van der Waals surface area contributed by atoms with Crippen molar-refractivity contribution >= 4 is 6.01 Å². The summed E-state index contributed by atoms with van der Waals surface area (Å²) in [5, 5.41) is 3.33. The lowest BCUT2D eigenvalue weighted by atomic mass is 10.2. The highest BCUT2D eigenvalue weighted by Gasteiger charge is 2.22. The quantitative estimate of drug-likeness (QED) is 0.848. The van der Waals surface area contributed by atoms with Gasteiger partial charge in [-0.2, -0.15) is 4.98 Å². The summed E-state index contributed by atoms with van der Waals surface area (Å²) in [6, 6.07) is 1.26. The third kappa shape index (κ3) is 2.76. The van der Waals surface area contributed by atoms with Crippen molar-refractivity contribution in [3.63, 3.8) is 0 Å². The van der Waals surface area contributed by atoms with Crippen molar-refractivity contribution in [1.82, 2.24) is 10.3 Å². The van der Waals surface area contributed by atoms with Gasteiger partial charge in [-0.1, -0.05) is 20.8 Å². The van der Waals surface area contributed by atoms with Crippen LogP contribution in [0.1, 0.15) is 32.9 Å². The first-order valence-electron chi connectivity index (χ1n) is 6.08. The van der Waals surface area contributed by atoms with Gasteiger partial charge in [0.1, 0.15) is 6.26 Å². The minimum absolute atomic E-state index is 0.479. The van der Waals surface area contributed by atoms with E-state index < -0.39 is 0 Å². The maximum absolute atomic E-state index is 5.50. The Morgan fingerprint density at radius 3 is 3.06 bits per heavy atom. The van der Waals surface area contributed by atoms with Gasteiger partial charge in [0.05, 0.1) is 5.69 Å². The number of nitrogens with zero attached hydrogens (tertiary/aromatic N) is 2. The van der Waals surface area contributed by atoms with Crippen molar-refractivity contribution in [2.45, 2.75) is 39.8 Å². The first kappa shape index (κ1) is 11.5. The SMILES string of the molecule is CC1CCN(c2nc(CNC(C)C)co2)C1. The Hall–Kier alpha value is -1.03. The second-order valence-electron chi connectivity index (χ2n) is 5.00. The van der Waals surface area contributed by atoms with Crippen LogP contribution in [0.4, 0.5) is 6.01 Å². The van der Waals surface area contributed by atoms with E-state index in [0.29, 0.717) is 6.04 Å². The summed E-state index contributed by atoms with van der Waals surface area (Å²) < 4.78 is 5.50. The maximum atomic E-state index is 5.50. The van der Waals surface area contributed by atoms with E-state index in [9.17, 15) is 0 Å². The number of hydrogen-bond acceptors (Lipinski definition) is 4. The lowest BCUT2D eigenvalue weighted by molar-refractivity contribution is 0.538. The van der Waals surface area contributed by atoms with Gasteiger partial charge in [-0.05, 0) is 12.3 Å². The third-order valence-corrected chi connectivity index (χ3v) is 2.93. The first-order valence-corrected chi connectivity index (χ1v) is 6.08. The van der Waals surface area contributed by atoms with E-state index >= 15 is 0 Å². The molecule has 1 aromatic rings. The fraction of sp³-hybridized carbons (Fsp3) is 0.750. The van der Waals surface area contributed by atoms with Gasteiger partial charge in [-0.3, -0.25) is 0 Å². The third-order valence-electron chi connectivity index (χ3n) is 2.93. The van der Waals surface area contributed by atoms with Crippen LogP contribution in [0, 0.1) is 5.92 Å². The van der Waals surface area contributed by atoms with Gasteiger partial charge >= 0.3 is 0 Å². The van der Waals surface area contributed by atoms with Crippen LogP contribution in [-0.4, -0.2) is 24.1 Å². The van der Waals surface area contributed by atoms with Crippen LogP contribution in [0.2, 0.25) is 0 Å². The van der Waals surface area contributed by atoms with Crippen LogP contribution in [0.3, 0.4) is 0 Å². The van der Waals surface area contributed by atoms with Crippen LogP contribution in [-0.2, 0) is 6.54 Å². The van der Waals surface area contributed by atoms with Crippen molar-refractivity contribution in [2.24, 2.45) is 5.92 Å². The predicted molar refractivity (Wildman–Crippen MR) is 64.5 cm³/mol. The molecule has 90 valence electrons. The fourth-order valence-corrected chi connectivity index (χ4v) is 1.94. The fourth-order valence-electron chi connectivity index (χ4n) is 1.94. The summed E-state index contributed by atoms with van der Waals surface area (Å²) >= 11 is 0. The Balaban J connectivity index is 1.91. The van der Waals surface area contributed by atoms with Gasteiger partial charge < -0.3 is 14.6 Å². The normalized spacial score (nSPS) is 21.0. The average Bonchev–Trinajstić information content (AvgIpc) is 2.83. The van der Waals surface area contributed by atoms with Gasteiger partial charge in [0.15, 0.2) is 0 Å². The van der Waals surface area contributed by atoms with E-state index in [1.807, 2.05) is 0 Å². The molecule has 4 nitrogen and oxygen atoms in total. The summed E-state index contributed by atoms with van der Waals surface area (Å²) in [5.74, 6) is 0.754. The number of nitrogens with one attached hydrogen (secondary N) is 1. The van der Waals surface area contributed by atoms with E-state index in [2.05, 4.69) is 36.0 Å². The maximum Gasteiger partial charge on any atom is 0.297 e. The zero-order chi connectivity index (χ0) is 11.5. The Morgan fingerprint density at radius 2 is 2.44 bits per heavy atom. The molecule has 2 rings (SSSR count). The molecule has 1 aliphatic rings. The molecule has 1 N–H and O–H groups in total. The van der Waals surface area contributed by atoms with Gasteiger partial charge in [0, 0.05) is 25.7 Å². The van der Waals surface area contributed by atoms with Crippen molar-refractivity contribution in [2.75, 3.05) is 18.0 Å². The van der Waals surface area contributed by atoms with E-state index in [1.165, 1.54) is 6.42 Å². The molecule has 0 bridgehead atoms. The van der Waals surface area contributed by atoms with Crippen LogP contribution < -0.4 is 10.2 Å². The van der Waals surface area contributed by atoms with Crippen LogP contribution >= 0.6 is 0 Å². The highest BCUT2D eigenvalue weighted by atomic mass is 16.4. The van der Waals surface area contributed by atoms with E-state index in [4.69, 9.17) is 4.42 Å². The number of anilines is 1. The first-order chi connectivity index (χ1) is 7.65. The molecule has 0 aliphatic carbocycles. The van der Waals surface area contributed by atoms with Crippen molar-refractivity contribution < 1.29 is 4.42 Å². The summed E-state index contributed by atoms with van der Waals surface area (Å²) in [6.45, 7) is 9.44. The molecule has 1 aliphatic heterocycles. The zero-order valence-electron chi connectivity index (χ0n) is 10.4. The number of hydrogen-bond donors (Lipinski definition) is 1. The molecule has 1 aromatic heterocycles. The molecule has 0 spiro atoms. The topological polar surface area (TPSA) is 41.3 Å². The van der Waals surface area contributed by atoms with Crippen LogP contribution in [0.15, 0.2) is 10.7 Å². The molecule has 0 amide bonds. The highest BCUT2D eigenvalue weighted by Crippen LogP contribution is 2.22. The summed E-state index contributed by atoms with van der Waals surface area (Å²) in [7, 11) is 0. The van der Waals surface area contributed by atoms with E-state index in [1.54, 1.807) is 6.26 Å². The summed E-state index contributed by atoms with van der Waals surface area (Å²) in [5.41, 5.74) is 0.989. The minimum atomic E-state index is 0.479. The molecule has 4 heteroatoms. The molecular formula is C12H21N3O. The van der Waals surface area contributed by atoms with Crippen molar-refractivity contribution in [1.29, 1.82) is 0 Å². The summed E-state index contributed by atoms with van der Waals surface area (Å²) in [4.78, 5) is 6.72. The highest BCUT2D eigenvalue weighted by molar-refractivity contribution is 5.28.